The molecule has 3 aliphatic heterocycles. The summed E-state index contributed by atoms with van der Waals surface area (Å²) in [5.74, 6) is 1.17. The number of nitrogens with one attached hydrogen (secondary N) is 1. The molecule has 12 heteroatoms. The Bertz CT molecular complexity index is 1530. The van der Waals surface area contributed by atoms with Crippen molar-refractivity contribution >= 4 is 29.1 Å². The number of carbonyl (C=O) groups excluding carboxylic acids is 3. The van der Waals surface area contributed by atoms with E-state index in [1.165, 1.54) is 11.3 Å². The van der Waals surface area contributed by atoms with E-state index in [-0.39, 0.29) is 50.0 Å². The molecule has 0 saturated carbocycles. The Hall–Kier alpha value is -4.32. The highest BCUT2D eigenvalue weighted by molar-refractivity contribution is 7.09. The zero-order valence-electron chi connectivity index (χ0n) is 24.2. The molecule has 2 atom stereocenters. The van der Waals surface area contributed by atoms with E-state index in [0.717, 1.165) is 16.3 Å². The molecule has 1 fully saturated rings. The monoisotopic (exact) mass is 606 g/mol. The molecule has 43 heavy (non-hydrogen) atoms. The van der Waals surface area contributed by atoms with Crippen LogP contribution < -0.4 is 24.3 Å². The van der Waals surface area contributed by atoms with Crippen molar-refractivity contribution in [2.24, 2.45) is 5.92 Å². The van der Waals surface area contributed by atoms with Gasteiger partial charge in [-0.25, -0.2) is 4.98 Å². The summed E-state index contributed by atoms with van der Waals surface area (Å²) in [4.78, 5) is 48.2. The fourth-order valence-electron chi connectivity index (χ4n) is 5.82. The second-order valence-corrected chi connectivity index (χ2v) is 11.9. The van der Waals surface area contributed by atoms with Gasteiger partial charge in [-0.15, -0.1) is 11.3 Å². The Morgan fingerprint density at radius 3 is 2.67 bits per heavy atom. The van der Waals surface area contributed by atoms with Crippen LogP contribution in [0.1, 0.15) is 39.0 Å². The van der Waals surface area contributed by atoms with Crippen LogP contribution in [0.2, 0.25) is 0 Å². The minimum Gasteiger partial charge on any atom is -0.493 e. The van der Waals surface area contributed by atoms with Crippen molar-refractivity contribution < 1.29 is 33.3 Å². The van der Waals surface area contributed by atoms with E-state index in [1.807, 2.05) is 30.5 Å². The van der Waals surface area contributed by atoms with Gasteiger partial charge in [0.1, 0.15) is 6.61 Å². The molecule has 2 bridgehead atoms. The average molecular weight is 607 g/mol. The molecule has 1 N–H and O–H groups in total. The standard InChI is InChI=1S/C31H34N4O7S/c1-19-33-22(17-43-19)14-29(36)34-9-3-8-32-30(37)24-16-35(31(38)21-5-7-26-28(13-21)42-18-41-26)15-23(24)20-4-6-25(39-2)27(12-20)40-11-10-34/h4-7,12-13,17,23-24H,3,8-11,14-16,18H2,1-2H3,(H,32,37)/t23-,24+/m1/s1. The van der Waals surface area contributed by atoms with Crippen molar-refractivity contribution in [3.63, 3.8) is 0 Å². The summed E-state index contributed by atoms with van der Waals surface area (Å²) in [5, 5.41) is 5.89. The first-order chi connectivity index (χ1) is 20.9. The Labute approximate surface area is 253 Å². The molecule has 11 nitrogen and oxygen atoms in total. The molecule has 1 saturated heterocycles. The molecule has 1 aromatic heterocycles. The number of hydrogen-bond acceptors (Lipinski definition) is 9. The van der Waals surface area contributed by atoms with Crippen LogP contribution in [0.3, 0.4) is 0 Å². The van der Waals surface area contributed by atoms with Gasteiger partial charge in [0.05, 0.1) is 36.7 Å². The van der Waals surface area contributed by atoms with Crippen LogP contribution in [-0.2, 0) is 16.0 Å². The second kappa shape index (κ2) is 12.5. The third kappa shape index (κ3) is 6.24. The number of benzene rings is 2. The van der Waals surface area contributed by atoms with Crippen LogP contribution in [0.15, 0.2) is 41.8 Å². The Kier molecular flexibility index (Phi) is 8.37. The predicted octanol–water partition coefficient (Wildman–Crippen LogP) is 3.01. The van der Waals surface area contributed by atoms with Crippen LogP contribution in [0.25, 0.3) is 0 Å². The molecule has 4 heterocycles. The van der Waals surface area contributed by atoms with Crippen molar-refractivity contribution in [3.8, 4) is 23.0 Å². The Morgan fingerprint density at radius 2 is 1.86 bits per heavy atom. The SMILES string of the molecule is COc1ccc2cc1OCCN(C(=O)Cc1csc(C)n1)CCCNC(=O)[C@H]1CN(C(=O)c3ccc4c(c3)OCO4)C[C@H]21. The zero-order chi connectivity index (χ0) is 29.9. The normalized spacial score (nSPS) is 20.1. The van der Waals surface area contributed by atoms with Crippen LogP contribution >= 0.6 is 11.3 Å². The van der Waals surface area contributed by atoms with E-state index in [4.69, 9.17) is 18.9 Å². The highest BCUT2D eigenvalue weighted by atomic mass is 32.1. The quantitative estimate of drug-likeness (QED) is 0.482. The number of nitrogens with zero attached hydrogens (tertiary/aromatic N) is 3. The van der Waals surface area contributed by atoms with Crippen molar-refractivity contribution in [2.45, 2.75) is 25.7 Å². The minimum atomic E-state index is -0.465. The van der Waals surface area contributed by atoms with Gasteiger partial charge in [-0.3, -0.25) is 14.4 Å². The van der Waals surface area contributed by atoms with Crippen molar-refractivity contribution in [1.29, 1.82) is 0 Å². The number of fused-ring (bicyclic) bond motifs is 5. The van der Waals surface area contributed by atoms with E-state index >= 15 is 0 Å². The predicted molar refractivity (Wildman–Crippen MR) is 158 cm³/mol. The zero-order valence-corrected chi connectivity index (χ0v) is 25.0. The maximum absolute atomic E-state index is 13.6. The molecule has 0 radical (unpaired) electrons. The highest BCUT2D eigenvalue weighted by Gasteiger charge is 2.41. The largest absolute Gasteiger partial charge is 0.493 e. The first-order valence-corrected chi connectivity index (χ1v) is 15.2. The number of methoxy groups -OCH3 is 1. The molecule has 0 spiro atoms. The molecular formula is C31H34N4O7S. The number of aromatic nitrogens is 1. The lowest BCUT2D eigenvalue weighted by molar-refractivity contribution is -0.131. The maximum Gasteiger partial charge on any atom is 0.254 e. The first-order valence-electron chi connectivity index (χ1n) is 14.4. The Morgan fingerprint density at radius 1 is 1.02 bits per heavy atom. The molecular weight excluding hydrogens is 572 g/mol. The molecule has 0 unspecified atom stereocenters. The number of thiazole rings is 1. The van der Waals surface area contributed by atoms with Gasteiger partial charge >= 0.3 is 0 Å². The second-order valence-electron chi connectivity index (χ2n) is 10.8. The van der Waals surface area contributed by atoms with Gasteiger partial charge in [0.25, 0.3) is 5.91 Å². The molecule has 3 aliphatic rings. The third-order valence-corrected chi connectivity index (χ3v) is 8.88. The van der Waals surface area contributed by atoms with E-state index in [9.17, 15) is 14.4 Å². The van der Waals surface area contributed by atoms with Gasteiger partial charge in [-0.05, 0) is 49.2 Å². The summed E-state index contributed by atoms with van der Waals surface area (Å²) in [5.41, 5.74) is 2.11. The number of carbonyl (C=O) groups is 3. The third-order valence-electron chi connectivity index (χ3n) is 8.05. The van der Waals surface area contributed by atoms with E-state index in [1.54, 1.807) is 35.1 Å². The van der Waals surface area contributed by atoms with Crippen molar-refractivity contribution in [3.05, 3.63) is 63.6 Å². The van der Waals surface area contributed by atoms with Gasteiger partial charge in [-0.2, -0.15) is 0 Å². The van der Waals surface area contributed by atoms with Gasteiger partial charge in [0, 0.05) is 43.0 Å². The average Bonchev–Trinajstić information content (AvgIpc) is 3.76. The van der Waals surface area contributed by atoms with Crippen LogP contribution in [-0.4, -0.2) is 85.7 Å². The molecule has 6 rings (SSSR count). The lowest BCUT2D eigenvalue weighted by Crippen LogP contribution is -2.40. The summed E-state index contributed by atoms with van der Waals surface area (Å²) >= 11 is 1.52. The number of likely N-dealkylation sites (tertiary alicyclic amines) is 1. The molecule has 0 aliphatic carbocycles. The van der Waals surface area contributed by atoms with E-state index < -0.39 is 5.92 Å². The number of rotatable bonds is 4. The fourth-order valence-corrected chi connectivity index (χ4v) is 6.43. The lowest BCUT2D eigenvalue weighted by atomic mass is 9.88. The topological polar surface area (TPSA) is 120 Å². The summed E-state index contributed by atoms with van der Waals surface area (Å²) < 4.78 is 22.6. The van der Waals surface area contributed by atoms with Gasteiger partial charge in [-0.1, -0.05) is 6.07 Å². The molecule has 3 amide bonds. The van der Waals surface area contributed by atoms with Crippen LogP contribution in [0.5, 0.6) is 23.0 Å². The number of ether oxygens (including phenoxy) is 4. The fraction of sp³-hybridized carbons (Fsp3) is 0.419. The molecule has 3 aromatic rings. The molecule has 226 valence electrons. The van der Waals surface area contributed by atoms with Gasteiger partial charge in [0.2, 0.25) is 18.6 Å². The maximum atomic E-state index is 13.6. The number of aryl methyl sites for hydroxylation is 1. The van der Waals surface area contributed by atoms with Crippen LogP contribution in [0.4, 0.5) is 0 Å². The number of amides is 3. The van der Waals surface area contributed by atoms with E-state index in [0.29, 0.717) is 61.2 Å². The first kappa shape index (κ1) is 28.8. The minimum absolute atomic E-state index is 0.0402. The lowest BCUT2D eigenvalue weighted by Gasteiger charge is -2.25. The van der Waals surface area contributed by atoms with Gasteiger partial charge < -0.3 is 34.1 Å². The van der Waals surface area contributed by atoms with E-state index in [2.05, 4.69) is 10.3 Å². The highest BCUT2D eigenvalue weighted by Crippen LogP contribution is 2.39. The summed E-state index contributed by atoms with van der Waals surface area (Å²) in [6.45, 7) is 4.21. The number of hydrogen-bond donors (Lipinski definition) is 1. The summed E-state index contributed by atoms with van der Waals surface area (Å²) in [6.07, 6.45) is 0.798. The summed E-state index contributed by atoms with van der Waals surface area (Å²) in [7, 11) is 1.57. The Balaban J connectivity index is 1.22. The van der Waals surface area contributed by atoms with Gasteiger partial charge in [0.15, 0.2) is 23.0 Å². The van der Waals surface area contributed by atoms with Crippen molar-refractivity contribution in [2.75, 3.05) is 53.2 Å². The summed E-state index contributed by atoms with van der Waals surface area (Å²) in [6, 6.07) is 10.8. The smallest absolute Gasteiger partial charge is 0.254 e. The molecule has 2 aromatic carbocycles. The van der Waals surface area contributed by atoms with Crippen LogP contribution in [0, 0.1) is 12.8 Å². The van der Waals surface area contributed by atoms with Crippen molar-refractivity contribution in [1.82, 2.24) is 20.1 Å².